The van der Waals surface area contributed by atoms with Gasteiger partial charge in [0.15, 0.2) is 5.76 Å². The van der Waals surface area contributed by atoms with Crippen LogP contribution in [0.2, 0.25) is 0 Å². The summed E-state index contributed by atoms with van der Waals surface area (Å²) in [6, 6.07) is 2.47. The SMILES string of the molecule is CN(C)Cc1cc(C[C@@H]2CNCC[C@H]2CC(=O)NC2CCCCC2)no1. The molecule has 6 nitrogen and oxygen atoms in total. The molecular weight excluding hydrogens is 328 g/mol. The third-order valence-electron chi connectivity index (χ3n) is 5.73. The first-order chi connectivity index (χ1) is 12.6. The standard InChI is InChI=1S/C20H34N4O2/c1-24(2)14-19-12-18(23-26-19)10-16-13-21-9-8-15(16)11-20(25)22-17-6-4-3-5-7-17/h12,15-17,21H,3-11,13-14H2,1-2H3,(H,22,25)/t15-,16+/m0/s1. The van der Waals surface area contributed by atoms with Gasteiger partial charge in [-0.15, -0.1) is 0 Å². The van der Waals surface area contributed by atoms with Crippen LogP contribution in [0.25, 0.3) is 0 Å². The van der Waals surface area contributed by atoms with Crippen molar-refractivity contribution < 1.29 is 9.32 Å². The van der Waals surface area contributed by atoms with Gasteiger partial charge >= 0.3 is 0 Å². The Bertz CT molecular complexity index is 566. The number of carbonyl (C=O) groups excluding carboxylic acids is 1. The Morgan fingerprint density at radius 1 is 1.27 bits per heavy atom. The third-order valence-corrected chi connectivity index (χ3v) is 5.73. The lowest BCUT2D eigenvalue weighted by Crippen LogP contribution is -2.42. The minimum atomic E-state index is 0.238. The maximum Gasteiger partial charge on any atom is 0.220 e. The van der Waals surface area contributed by atoms with Crippen LogP contribution < -0.4 is 10.6 Å². The van der Waals surface area contributed by atoms with Crippen molar-refractivity contribution in [2.75, 3.05) is 27.2 Å². The van der Waals surface area contributed by atoms with E-state index in [1.54, 1.807) is 0 Å². The van der Waals surface area contributed by atoms with Crippen LogP contribution in [0.1, 0.15) is 56.4 Å². The number of aromatic nitrogens is 1. The summed E-state index contributed by atoms with van der Waals surface area (Å²) < 4.78 is 5.44. The minimum absolute atomic E-state index is 0.238. The molecule has 2 fully saturated rings. The van der Waals surface area contributed by atoms with Crippen molar-refractivity contribution >= 4 is 5.91 Å². The molecule has 2 heterocycles. The third kappa shape index (κ3) is 5.81. The normalized spacial score (nSPS) is 24.7. The zero-order valence-corrected chi connectivity index (χ0v) is 16.3. The first-order valence-corrected chi connectivity index (χ1v) is 10.2. The molecular formula is C20H34N4O2. The fourth-order valence-corrected chi connectivity index (χ4v) is 4.36. The molecule has 1 saturated heterocycles. The van der Waals surface area contributed by atoms with Gasteiger partial charge < -0.3 is 20.1 Å². The predicted molar refractivity (Wildman–Crippen MR) is 102 cm³/mol. The highest BCUT2D eigenvalue weighted by Crippen LogP contribution is 2.27. The first kappa shape index (κ1) is 19.4. The second kappa shape index (κ2) is 9.51. The summed E-state index contributed by atoms with van der Waals surface area (Å²) in [7, 11) is 4.04. The molecule has 2 atom stereocenters. The molecule has 1 amide bonds. The van der Waals surface area contributed by atoms with Crippen molar-refractivity contribution in [2.45, 2.75) is 64.0 Å². The molecule has 1 aliphatic heterocycles. The van der Waals surface area contributed by atoms with Gasteiger partial charge in [-0.1, -0.05) is 24.4 Å². The monoisotopic (exact) mass is 362 g/mol. The van der Waals surface area contributed by atoms with Gasteiger partial charge in [0.25, 0.3) is 0 Å². The Labute approximate surface area is 157 Å². The van der Waals surface area contributed by atoms with E-state index >= 15 is 0 Å². The molecule has 3 rings (SSSR count). The molecule has 0 spiro atoms. The highest BCUT2D eigenvalue weighted by Gasteiger charge is 2.29. The summed E-state index contributed by atoms with van der Waals surface area (Å²) in [5.41, 5.74) is 1.01. The van der Waals surface area contributed by atoms with Crippen LogP contribution in [0.3, 0.4) is 0 Å². The van der Waals surface area contributed by atoms with Crippen LogP contribution >= 0.6 is 0 Å². The minimum Gasteiger partial charge on any atom is -0.360 e. The number of nitrogens with one attached hydrogen (secondary N) is 2. The number of nitrogens with zero attached hydrogens (tertiary/aromatic N) is 2. The van der Waals surface area contributed by atoms with E-state index in [1.807, 2.05) is 14.1 Å². The lowest BCUT2D eigenvalue weighted by atomic mass is 9.81. The van der Waals surface area contributed by atoms with Gasteiger partial charge in [-0.05, 0) is 64.7 Å². The van der Waals surface area contributed by atoms with Crippen LogP contribution in [-0.4, -0.2) is 49.2 Å². The van der Waals surface area contributed by atoms with E-state index in [2.05, 4.69) is 26.8 Å². The Morgan fingerprint density at radius 3 is 2.85 bits per heavy atom. The first-order valence-electron chi connectivity index (χ1n) is 10.2. The summed E-state index contributed by atoms with van der Waals surface area (Å²) in [6.45, 7) is 2.73. The summed E-state index contributed by atoms with van der Waals surface area (Å²) in [5.74, 6) is 2.01. The van der Waals surface area contributed by atoms with E-state index in [0.29, 0.717) is 24.3 Å². The zero-order chi connectivity index (χ0) is 18.4. The number of carbonyl (C=O) groups is 1. The molecule has 1 aromatic rings. The van der Waals surface area contributed by atoms with Gasteiger partial charge in [0.1, 0.15) is 0 Å². The summed E-state index contributed by atoms with van der Waals surface area (Å²) in [5, 5.41) is 11.0. The summed E-state index contributed by atoms with van der Waals surface area (Å²) in [4.78, 5) is 14.6. The second-order valence-electron chi connectivity index (χ2n) is 8.35. The molecule has 1 aromatic heterocycles. The Balaban J connectivity index is 1.52. The van der Waals surface area contributed by atoms with E-state index < -0.39 is 0 Å². The summed E-state index contributed by atoms with van der Waals surface area (Å²) >= 11 is 0. The maximum atomic E-state index is 12.5. The molecule has 0 radical (unpaired) electrons. The maximum absolute atomic E-state index is 12.5. The topological polar surface area (TPSA) is 70.4 Å². The number of hydrogen-bond acceptors (Lipinski definition) is 5. The molecule has 0 unspecified atom stereocenters. The van der Waals surface area contributed by atoms with Crippen molar-refractivity contribution in [3.8, 4) is 0 Å². The van der Waals surface area contributed by atoms with Crippen molar-refractivity contribution in [2.24, 2.45) is 11.8 Å². The van der Waals surface area contributed by atoms with Crippen LogP contribution in [0, 0.1) is 11.8 Å². The van der Waals surface area contributed by atoms with Crippen molar-refractivity contribution in [1.82, 2.24) is 20.7 Å². The van der Waals surface area contributed by atoms with E-state index in [0.717, 1.165) is 56.8 Å². The molecule has 1 saturated carbocycles. The molecule has 0 aromatic carbocycles. The fourth-order valence-electron chi connectivity index (χ4n) is 4.36. The van der Waals surface area contributed by atoms with Gasteiger partial charge in [0.2, 0.25) is 5.91 Å². The number of hydrogen-bond donors (Lipinski definition) is 2. The van der Waals surface area contributed by atoms with Gasteiger partial charge in [-0.3, -0.25) is 4.79 Å². The second-order valence-corrected chi connectivity index (χ2v) is 8.35. The lowest BCUT2D eigenvalue weighted by molar-refractivity contribution is -0.123. The largest absolute Gasteiger partial charge is 0.360 e. The quantitative estimate of drug-likeness (QED) is 0.779. The molecule has 146 valence electrons. The molecule has 26 heavy (non-hydrogen) atoms. The van der Waals surface area contributed by atoms with Crippen LogP contribution in [0.5, 0.6) is 0 Å². The number of rotatable bonds is 7. The lowest BCUT2D eigenvalue weighted by Gasteiger charge is -2.32. The predicted octanol–water partition coefficient (Wildman–Crippen LogP) is 2.34. The average Bonchev–Trinajstić information content (AvgIpc) is 3.03. The Hall–Kier alpha value is -1.40. The molecule has 6 heteroatoms. The molecule has 2 N–H and O–H groups in total. The number of amides is 1. The average molecular weight is 363 g/mol. The smallest absolute Gasteiger partial charge is 0.220 e. The molecule has 0 bridgehead atoms. The van der Waals surface area contributed by atoms with E-state index in [9.17, 15) is 4.79 Å². The highest BCUT2D eigenvalue weighted by molar-refractivity contribution is 5.76. The van der Waals surface area contributed by atoms with Gasteiger partial charge in [0, 0.05) is 18.5 Å². The van der Waals surface area contributed by atoms with Crippen molar-refractivity contribution in [3.63, 3.8) is 0 Å². The van der Waals surface area contributed by atoms with Crippen LogP contribution in [0.4, 0.5) is 0 Å². The van der Waals surface area contributed by atoms with E-state index in [1.165, 1.54) is 19.3 Å². The number of piperidine rings is 1. The van der Waals surface area contributed by atoms with E-state index in [-0.39, 0.29) is 5.91 Å². The van der Waals surface area contributed by atoms with Crippen molar-refractivity contribution in [1.29, 1.82) is 0 Å². The Morgan fingerprint density at radius 2 is 2.08 bits per heavy atom. The Kier molecular flexibility index (Phi) is 7.08. The molecule has 2 aliphatic rings. The fraction of sp³-hybridized carbons (Fsp3) is 0.800. The highest BCUT2D eigenvalue weighted by atomic mass is 16.5. The van der Waals surface area contributed by atoms with Gasteiger partial charge in [-0.25, -0.2) is 0 Å². The van der Waals surface area contributed by atoms with Crippen LogP contribution in [-0.2, 0) is 17.8 Å². The van der Waals surface area contributed by atoms with Gasteiger partial charge in [-0.2, -0.15) is 0 Å². The van der Waals surface area contributed by atoms with Crippen LogP contribution in [0.15, 0.2) is 10.6 Å². The molecule has 1 aliphatic carbocycles. The van der Waals surface area contributed by atoms with Gasteiger partial charge in [0.05, 0.1) is 12.2 Å². The van der Waals surface area contributed by atoms with E-state index in [4.69, 9.17) is 4.52 Å². The van der Waals surface area contributed by atoms with Crippen molar-refractivity contribution in [3.05, 3.63) is 17.5 Å². The summed E-state index contributed by atoms with van der Waals surface area (Å²) in [6.07, 6.45) is 8.70. The zero-order valence-electron chi connectivity index (χ0n) is 16.3.